The molecule has 2 aromatic carbocycles. The van der Waals surface area contributed by atoms with Gasteiger partial charge >= 0.3 is 11.9 Å². The van der Waals surface area contributed by atoms with Crippen molar-refractivity contribution >= 4 is 47.5 Å². The van der Waals surface area contributed by atoms with Crippen molar-refractivity contribution in [2.75, 3.05) is 13.1 Å². The van der Waals surface area contributed by atoms with Gasteiger partial charge in [-0.15, -0.1) is 0 Å². The molecule has 4 amide bonds. The zero-order valence-corrected chi connectivity index (χ0v) is 37.3. The third kappa shape index (κ3) is 21.8. The van der Waals surface area contributed by atoms with Gasteiger partial charge in [0.2, 0.25) is 23.6 Å². The molecular weight excluding hydrogens is 867 g/mol. The second-order valence-electron chi connectivity index (χ2n) is 15.5. The number of hydrogen-bond acceptors (Lipinski definition) is 15. The Morgan fingerprint density at radius 2 is 1.05 bits per heavy atom. The van der Waals surface area contributed by atoms with Gasteiger partial charge in [0.15, 0.2) is 10.1 Å². The van der Waals surface area contributed by atoms with Gasteiger partial charge in [-0.3, -0.25) is 24.0 Å². The van der Waals surface area contributed by atoms with Crippen LogP contribution in [-0.2, 0) is 51.5 Å². The number of nitro groups is 2. The average molecular weight is 928 g/mol. The van der Waals surface area contributed by atoms with E-state index in [0.29, 0.717) is 11.1 Å². The number of rotatable bonds is 28. The molecule has 0 aliphatic carbocycles. The lowest BCUT2D eigenvalue weighted by Gasteiger charge is -2.29. The molecule has 0 aliphatic rings. The fourth-order valence-electron chi connectivity index (χ4n) is 5.92. The quantitative estimate of drug-likeness (QED) is 0.0131. The minimum atomic E-state index is -1.48. The molecular formula is C41H61N13O12. The molecule has 2 rings (SSSR count). The summed E-state index contributed by atoms with van der Waals surface area (Å²) in [4.78, 5) is 110. The molecule has 0 saturated heterocycles. The van der Waals surface area contributed by atoms with E-state index in [-0.39, 0.29) is 64.8 Å². The second kappa shape index (κ2) is 29.1. The summed E-state index contributed by atoms with van der Waals surface area (Å²) in [7, 11) is 0. The molecule has 0 unspecified atom stereocenters. The number of nitrogens with two attached hydrogens (primary N) is 3. The third-order valence-corrected chi connectivity index (χ3v) is 9.47. The number of guanidine groups is 2. The second-order valence-corrected chi connectivity index (χ2v) is 15.5. The predicted octanol–water partition coefficient (Wildman–Crippen LogP) is -0.416. The summed E-state index contributed by atoms with van der Waals surface area (Å²) in [5.74, 6) is -6.70. The molecule has 25 nitrogen and oxygen atoms in total. The van der Waals surface area contributed by atoms with Crippen molar-refractivity contribution in [1.29, 1.82) is 0 Å². The Morgan fingerprint density at radius 3 is 1.53 bits per heavy atom. The highest BCUT2D eigenvalue weighted by atomic mass is 16.7. The number of hydrogen-bond donors (Lipinski definition) is 9. The molecule has 0 aromatic heterocycles. The molecule has 2 aromatic rings. The van der Waals surface area contributed by atoms with Gasteiger partial charge in [0.25, 0.3) is 11.9 Å². The summed E-state index contributed by atoms with van der Waals surface area (Å²) in [6.45, 7) is 6.30. The van der Waals surface area contributed by atoms with E-state index in [1.54, 1.807) is 99.2 Å². The van der Waals surface area contributed by atoms with Crippen LogP contribution in [0, 0.1) is 32.1 Å². The fourth-order valence-corrected chi connectivity index (χ4v) is 5.92. The van der Waals surface area contributed by atoms with Crippen LogP contribution >= 0.6 is 0 Å². The van der Waals surface area contributed by atoms with E-state index >= 15 is 0 Å². The van der Waals surface area contributed by atoms with E-state index in [9.17, 15) is 49.0 Å². The van der Waals surface area contributed by atoms with E-state index < -0.39 is 99.6 Å². The molecule has 0 heterocycles. The molecule has 66 heavy (non-hydrogen) atoms. The largest absolute Gasteiger partial charge is 0.461 e. The van der Waals surface area contributed by atoms with Gasteiger partial charge in [-0.2, -0.15) is 0 Å². The highest BCUT2D eigenvalue weighted by Crippen LogP contribution is 2.12. The topological polar surface area (TPSA) is 382 Å². The smallest absolute Gasteiger partial charge is 0.328 e. The molecule has 362 valence electrons. The lowest BCUT2D eigenvalue weighted by atomic mass is 9.98. The van der Waals surface area contributed by atoms with Gasteiger partial charge in [0.05, 0.1) is 6.04 Å². The Morgan fingerprint density at radius 1 is 0.606 bits per heavy atom. The van der Waals surface area contributed by atoms with Crippen molar-refractivity contribution in [2.24, 2.45) is 39.0 Å². The summed E-state index contributed by atoms with van der Waals surface area (Å²) < 4.78 is 10.9. The Bertz CT molecular complexity index is 1990. The van der Waals surface area contributed by atoms with Crippen LogP contribution in [0.5, 0.6) is 0 Å². The highest BCUT2D eigenvalue weighted by molar-refractivity contribution is 5.96. The first-order valence-corrected chi connectivity index (χ1v) is 21.1. The minimum absolute atomic E-state index is 0.0240. The first-order chi connectivity index (χ1) is 31.3. The van der Waals surface area contributed by atoms with E-state index in [2.05, 4.69) is 31.3 Å². The van der Waals surface area contributed by atoms with Gasteiger partial charge in [-0.05, 0) is 55.1 Å². The van der Waals surface area contributed by atoms with Crippen LogP contribution in [0.3, 0.4) is 0 Å². The Labute approximate surface area is 381 Å². The number of hydrazine groups is 2. The number of amides is 4. The van der Waals surface area contributed by atoms with Crippen LogP contribution in [0.25, 0.3) is 0 Å². The van der Waals surface area contributed by atoms with E-state index in [1.807, 2.05) is 0 Å². The number of carbonyl (C=O) groups excluding carboxylic acids is 6. The van der Waals surface area contributed by atoms with Gasteiger partial charge in [0.1, 0.15) is 37.4 Å². The summed E-state index contributed by atoms with van der Waals surface area (Å²) in [6.07, 6.45) is -0.358. The molecule has 5 atom stereocenters. The molecule has 0 fully saturated rings. The Hall–Kier alpha value is -7.44. The number of nitrogens with zero attached hydrogens (tertiary/aromatic N) is 4. The summed E-state index contributed by atoms with van der Waals surface area (Å²) in [5, 5.41) is 29.9. The van der Waals surface area contributed by atoms with Gasteiger partial charge in [-0.25, -0.2) is 35.0 Å². The van der Waals surface area contributed by atoms with E-state index in [4.69, 9.17) is 26.7 Å². The van der Waals surface area contributed by atoms with Gasteiger partial charge < -0.3 is 47.9 Å². The number of carbonyl (C=O) groups is 6. The standard InChI is InChI=1S/C41H61N13O12/c1-25(2)33(50-38(59)34(26(3)4)49-35(56)29(42)17-11-21-45-40(43)51-53(61)62)37(58)47-30(19-20-32(55)65-23-27-13-7-5-8-14-27)36(57)48-31(18-12-22-46-41(44)52-54(63)64)39(60)66-24-28-15-9-6-10-16-28/h5-10,13-16,25-26,29-31,33-34H,11-12,17-24,42H2,1-4H3,(H,47,58)(H,48,57)(H,49,56)(H,50,59)(H3,43,45,51)(H3,44,46,52)/t29-,30-,31-,33-,34-/m0/s1. The van der Waals surface area contributed by atoms with Crippen LogP contribution in [0.1, 0.15) is 77.3 Å². The SMILES string of the molecule is CC(C)[C@H](NC(=O)[C@@H](NC(=O)[C@@H](N)CCCN=C(N)N[N+](=O)[O-])C(C)C)C(=O)N[C@@H](CCC(=O)OCc1ccccc1)C(=O)N[C@@H](CCCN=C(N)N[N+](=O)[O-])C(=O)OCc1ccccc1. The van der Waals surface area contributed by atoms with Gasteiger partial charge in [0, 0.05) is 19.5 Å². The van der Waals surface area contributed by atoms with Crippen LogP contribution in [0.4, 0.5) is 0 Å². The zero-order chi connectivity index (χ0) is 49.2. The number of esters is 2. The van der Waals surface area contributed by atoms with Crippen molar-refractivity contribution < 1.29 is 48.3 Å². The van der Waals surface area contributed by atoms with Crippen LogP contribution in [0.15, 0.2) is 70.6 Å². The van der Waals surface area contributed by atoms with E-state index in [1.165, 1.54) is 0 Å². The number of aliphatic imine (C=N–C) groups is 2. The lowest BCUT2D eigenvalue weighted by Crippen LogP contribution is -2.60. The molecule has 0 aliphatic heterocycles. The van der Waals surface area contributed by atoms with Crippen LogP contribution < -0.4 is 49.3 Å². The minimum Gasteiger partial charge on any atom is -0.461 e. The Balaban J connectivity index is 2.30. The first kappa shape index (κ1) is 54.7. The van der Waals surface area contributed by atoms with Crippen molar-refractivity contribution in [3.8, 4) is 0 Å². The van der Waals surface area contributed by atoms with Crippen LogP contribution in [-0.4, -0.2) is 101 Å². The van der Waals surface area contributed by atoms with Crippen molar-refractivity contribution in [3.05, 3.63) is 92.0 Å². The van der Waals surface area contributed by atoms with E-state index in [0.717, 1.165) is 0 Å². The van der Waals surface area contributed by atoms with Crippen molar-refractivity contribution in [3.63, 3.8) is 0 Å². The highest BCUT2D eigenvalue weighted by Gasteiger charge is 2.34. The monoisotopic (exact) mass is 927 g/mol. The normalized spacial score (nSPS) is 13.8. The summed E-state index contributed by atoms with van der Waals surface area (Å²) in [6, 6.07) is 11.2. The molecule has 0 saturated carbocycles. The van der Waals surface area contributed by atoms with Crippen LogP contribution in [0.2, 0.25) is 0 Å². The predicted molar refractivity (Wildman–Crippen MR) is 239 cm³/mol. The summed E-state index contributed by atoms with van der Waals surface area (Å²) in [5.41, 5.74) is 21.7. The third-order valence-electron chi connectivity index (χ3n) is 9.47. The Kier molecular flexibility index (Phi) is 24.1. The maximum absolute atomic E-state index is 14.1. The zero-order valence-electron chi connectivity index (χ0n) is 37.3. The fraction of sp³-hybridized carbons (Fsp3) is 0.512. The number of nitrogens with one attached hydrogen (secondary N) is 6. The first-order valence-electron chi connectivity index (χ1n) is 21.1. The molecule has 0 radical (unpaired) electrons. The van der Waals surface area contributed by atoms with Crippen molar-refractivity contribution in [1.82, 2.24) is 32.1 Å². The molecule has 0 bridgehead atoms. The number of benzene rings is 2. The summed E-state index contributed by atoms with van der Waals surface area (Å²) >= 11 is 0. The maximum atomic E-state index is 14.1. The molecule has 12 N–H and O–H groups in total. The molecule has 25 heteroatoms. The lowest BCUT2D eigenvalue weighted by molar-refractivity contribution is -0.525. The maximum Gasteiger partial charge on any atom is 0.328 e. The number of ether oxygens (including phenoxy) is 2. The van der Waals surface area contributed by atoms with Crippen molar-refractivity contribution in [2.45, 2.75) is 110 Å². The molecule has 0 spiro atoms. The van der Waals surface area contributed by atoms with Gasteiger partial charge in [-0.1, -0.05) is 99.2 Å². The average Bonchev–Trinajstić information content (AvgIpc) is 3.26.